The summed E-state index contributed by atoms with van der Waals surface area (Å²) < 4.78 is 12.3. The molecule has 29 heavy (non-hydrogen) atoms. The Bertz CT molecular complexity index is 638. The molecule has 162 valence electrons. The van der Waals surface area contributed by atoms with Gasteiger partial charge in [0.25, 0.3) is 0 Å². The van der Waals surface area contributed by atoms with E-state index in [-0.39, 0.29) is 0 Å². The van der Waals surface area contributed by atoms with Crippen LogP contribution in [0.2, 0.25) is 0 Å². The summed E-state index contributed by atoms with van der Waals surface area (Å²) in [5.41, 5.74) is 1.13. The van der Waals surface area contributed by atoms with E-state index in [0.29, 0.717) is 24.1 Å². The molecule has 1 saturated carbocycles. The van der Waals surface area contributed by atoms with Gasteiger partial charge in [-0.05, 0) is 38.2 Å². The molecule has 1 aromatic carbocycles. The lowest BCUT2D eigenvalue weighted by Crippen LogP contribution is -2.51. The van der Waals surface area contributed by atoms with Crippen LogP contribution >= 0.6 is 0 Å². The first-order valence-corrected chi connectivity index (χ1v) is 12.9. The maximum atomic E-state index is 12.3. The number of hydrogen-bond acceptors (Lipinski definition) is 3. The van der Waals surface area contributed by atoms with E-state index in [0.717, 1.165) is 24.1 Å². The van der Waals surface area contributed by atoms with Crippen molar-refractivity contribution in [2.24, 2.45) is 4.99 Å². The Hall–Kier alpha value is -1.40. The molecule has 1 heterocycles. The second-order valence-electron chi connectivity index (χ2n) is 8.28. The van der Waals surface area contributed by atoms with Gasteiger partial charge in [0.1, 0.15) is 0 Å². The van der Waals surface area contributed by atoms with Crippen LogP contribution in [0.3, 0.4) is 0 Å². The van der Waals surface area contributed by atoms with E-state index in [1.54, 1.807) is 0 Å². The lowest BCUT2D eigenvalue weighted by Gasteiger charge is -2.39. The summed E-state index contributed by atoms with van der Waals surface area (Å²) in [6.45, 7) is 5.93. The first kappa shape index (κ1) is 22.3. The minimum atomic E-state index is -0.875. The Balaban J connectivity index is 1.40. The highest BCUT2D eigenvalue weighted by Gasteiger charge is 2.26. The van der Waals surface area contributed by atoms with Crippen molar-refractivity contribution in [2.75, 3.05) is 31.9 Å². The SMILES string of the molecule is CCNC(=NCCS(=O)Cc1ccccc1)NC1CCN(C2CCCCC2)CC1. The van der Waals surface area contributed by atoms with Crippen LogP contribution in [0.25, 0.3) is 0 Å². The van der Waals surface area contributed by atoms with Crippen molar-refractivity contribution in [3.05, 3.63) is 35.9 Å². The second-order valence-corrected chi connectivity index (χ2v) is 9.86. The zero-order chi connectivity index (χ0) is 20.3. The molecule has 2 aliphatic rings. The van der Waals surface area contributed by atoms with Gasteiger partial charge in [-0.2, -0.15) is 0 Å². The predicted molar refractivity (Wildman–Crippen MR) is 124 cm³/mol. The van der Waals surface area contributed by atoms with Crippen molar-refractivity contribution in [1.29, 1.82) is 0 Å². The van der Waals surface area contributed by atoms with Crippen LogP contribution < -0.4 is 10.6 Å². The summed E-state index contributed by atoms with van der Waals surface area (Å²) >= 11 is 0. The molecule has 1 aliphatic heterocycles. The number of nitrogens with one attached hydrogen (secondary N) is 2. The van der Waals surface area contributed by atoms with Crippen molar-refractivity contribution < 1.29 is 4.21 Å². The van der Waals surface area contributed by atoms with Crippen LogP contribution in [0.15, 0.2) is 35.3 Å². The molecule has 1 aliphatic carbocycles. The van der Waals surface area contributed by atoms with E-state index in [4.69, 9.17) is 0 Å². The topological polar surface area (TPSA) is 56.7 Å². The molecular weight excluding hydrogens is 380 g/mol. The standard InChI is InChI=1S/C23H38N4OS/c1-2-24-23(25-15-18-29(28)19-20-9-5-3-6-10-20)26-21-13-16-27(17-14-21)22-11-7-4-8-12-22/h3,5-6,9-10,21-22H,2,4,7-8,11-19H2,1H3,(H2,24,25,26). The Morgan fingerprint density at radius 2 is 1.83 bits per heavy atom. The second kappa shape index (κ2) is 12.3. The number of likely N-dealkylation sites (tertiary alicyclic amines) is 1. The van der Waals surface area contributed by atoms with Gasteiger partial charge in [-0.25, -0.2) is 0 Å². The van der Waals surface area contributed by atoms with Crippen LogP contribution in [0.4, 0.5) is 0 Å². The molecule has 1 unspecified atom stereocenters. The average molecular weight is 419 g/mol. The molecule has 6 heteroatoms. The molecule has 0 bridgehead atoms. The summed E-state index contributed by atoms with van der Waals surface area (Å²) in [5.74, 6) is 2.09. The third-order valence-electron chi connectivity index (χ3n) is 6.07. The van der Waals surface area contributed by atoms with Gasteiger partial charge in [0.15, 0.2) is 5.96 Å². The van der Waals surface area contributed by atoms with E-state index < -0.39 is 10.8 Å². The molecular formula is C23H38N4OS. The van der Waals surface area contributed by atoms with E-state index >= 15 is 0 Å². The van der Waals surface area contributed by atoms with Gasteiger partial charge in [-0.3, -0.25) is 9.20 Å². The third-order valence-corrected chi connectivity index (χ3v) is 7.36. The van der Waals surface area contributed by atoms with Crippen molar-refractivity contribution in [3.8, 4) is 0 Å². The van der Waals surface area contributed by atoms with Crippen molar-refractivity contribution in [3.63, 3.8) is 0 Å². The molecule has 0 aromatic heterocycles. The maximum Gasteiger partial charge on any atom is 0.191 e. The number of guanidine groups is 1. The fourth-order valence-corrected chi connectivity index (χ4v) is 5.46. The van der Waals surface area contributed by atoms with Gasteiger partial charge in [0, 0.05) is 54.0 Å². The predicted octanol–water partition coefficient (Wildman–Crippen LogP) is 3.29. The zero-order valence-electron chi connectivity index (χ0n) is 17.9. The Morgan fingerprint density at radius 3 is 2.52 bits per heavy atom. The van der Waals surface area contributed by atoms with Crippen LogP contribution in [0.5, 0.6) is 0 Å². The smallest absolute Gasteiger partial charge is 0.191 e. The Kier molecular flexibility index (Phi) is 9.48. The number of rotatable bonds is 8. The van der Waals surface area contributed by atoms with Crippen LogP contribution in [-0.2, 0) is 16.6 Å². The fraction of sp³-hybridized carbons (Fsp3) is 0.696. The molecule has 5 nitrogen and oxygen atoms in total. The molecule has 1 saturated heterocycles. The number of benzene rings is 1. The average Bonchev–Trinajstić information content (AvgIpc) is 2.76. The molecule has 1 aromatic rings. The highest BCUT2D eigenvalue weighted by molar-refractivity contribution is 7.84. The third kappa shape index (κ3) is 7.74. The van der Waals surface area contributed by atoms with E-state index in [1.807, 2.05) is 30.3 Å². The zero-order valence-corrected chi connectivity index (χ0v) is 18.8. The minimum Gasteiger partial charge on any atom is -0.357 e. The van der Waals surface area contributed by atoms with Gasteiger partial charge in [-0.15, -0.1) is 0 Å². The molecule has 2 N–H and O–H groups in total. The van der Waals surface area contributed by atoms with Gasteiger partial charge >= 0.3 is 0 Å². The van der Waals surface area contributed by atoms with Gasteiger partial charge in [0.05, 0.1) is 6.54 Å². The summed E-state index contributed by atoms with van der Waals surface area (Å²) in [5, 5.41) is 6.97. The monoisotopic (exact) mass is 418 g/mol. The van der Waals surface area contributed by atoms with Gasteiger partial charge in [-0.1, -0.05) is 49.6 Å². The number of aliphatic imine (C=N–C) groups is 1. The first-order chi connectivity index (χ1) is 14.2. The fourth-order valence-electron chi connectivity index (χ4n) is 4.46. The molecule has 3 rings (SSSR count). The van der Waals surface area contributed by atoms with Crippen molar-refractivity contribution in [1.82, 2.24) is 15.5 Å². The molecule has 0 radical (unpaired) electrons. The van der Waals surface area contributed by atoms with E-state index in [9.17, 15) is 4.21 Å². The summed E-state index contributed by atoms with van der Waals surface area (Å²) in [6.07, 6.45) is 9.39. The lowest BCUT2D eigenvalue weighted by atomic mass is 9.92. The van der Waals surface area contributed by atoms with Crippen LogP contribution in [0, 0.1) is 0 Å². The number of nitrogens with zero attached hydrogens (tertiary/aromatic N) is 2. The van der Waals surface area contributed by atoms with Gasteiger partial charge < -0.3 is 15.5 Å². The minimum absolute atomic E-state index is 0.488. The lowest BCUT2D eigenvalue weighted by molar-refractivity contribution is 0.119. The molecule has 0 amide bonds. The highest BCUT2D eigenvalue weighted by atomic mass is 32.2. The van der Waals surface area contributed by atoms with Crippen LogP contribution in [-0.4, -0.2) is 59.1 Å². The molecule has 1 atom stereocenters. The molecule has 2 fully saturated rings. The normalized spacial score (nSPS) is 21.1. The number of hydrogen-bond donors (Lipinski definition) is 2. The molecule has 0 spiro atoms. The summed E-state index contributed by atoms with van der Waals surface area (Å²) in [4.78, 5) is 7.40. The number of piperidine rings is 1. The van der Waals surface area contributed by atoms with Crippen molar-refractivity contribution >= 4 is 16.8 Å². The Morgan fingerprint density at radius 1 is 1.10 bits per heavy atom. The van der Waals surface area contributed by atoms with E-state index in [2.05, 4.69) is 27.4 Å². The van der Waals surface area contributed by atoms with Crippen molar-refractivity contribution in [2.45, 2.75) is 69.7 Å². The largest absolute Gasteiger partial charge is 0.357 e. The Labute approximate surface area is 179 Å². The van der Waals surface area contributed by atoms with E-state index in [1.165, 1.54) is 58.0 Å². The quantitative estimate of drug-likeness (QED) is 0.502. The van der Waals surface area contributed by atoms with Crippen LogP contribution in [0.1, 0.15) is 57.4 Å². The first-order valence-electron chi connectivity index (χ1n) is 11.4. The van der Waals surface area contributed by atoms with Gasteiger partial charge in [0.2, 0.25) is 0 Å². The highest BCUT2D eigenvalue weighted by Crippen LogP contribution is 2.25. The summed E-state index contributed by atoms with van der Waals surface area (Å²) in [7, 11) is -0.875. The summed E-state index contributed by atoms with van der Waals surface area (Å²) in [6, 6.07) is 11.4. The maximum absolute atomic E-state index is 12.3.